The molecule has 0 amide bonds. The van der Waals surface area contributed by atoms with Crippen LogP contribution in [0.5, 0.6) is 11.6 Å². The molecule has 0 radical (unpaired) electrons. The Morgan fingerprint density at radius 3 is 1.32 bits per heavy atom. The molecule has 0 aliphatic carbocycles. The molecule has 132 heavy (non-hydrogen) atoms. The first kappa shape index (κ1) is 78.0. The highest BCUT2D eigenvalue weighted by atomic mass is 28.3. The summed E-state index contributed by atoms with van der Waals surface area (Å²) in [4.78, 5) is 28.3. The van der Waals surface area contributed by atoms with Gasteiger partial charge in [0.15, 0.2) is 0 Å². The largest absolute Gasteiger partial charge is 0.485 e. The summed E-state index contributed by atoms with van der Waals surface area (Å²) in [5.41, 5.74) is 36.7. The Morgan fingerprint density at radius 2 is 0.705 bits per heavy atom. The van der Waals surface area contributed by atoms with Gasteiger partial charge in [0.05, 0.1) is 71.0 Å². The molecule has 14 nitrogen and oxygen atoms in total. The van der Waals surface area contributed by atoms with Crippen LogP contribution in [-0.4, -0.2) is 72.5 Å². The summed E-state index contributed by atoms with van der Waals surface area (Å²) in [5, 5.41) is 27.6. The van der Waals surface area contributed by atoms with Gasteiger partial charge in [-0.2, -0.15) is 0 Å². The number of ether oxygens (including phenoxy) is 2. The predicted molar refractivity (Wildman–Crippen MR) is 551 cm³/mol. The first-order valence-corrected chi connectivity index (χ1v) is 52.6. The first-order chi connectivity index (χ1) is 64.3. The number of nitrogens with zero attached hydrogens (tertiary/aromatic N) is 12. The Hall–Kier alpha value is -15.1. The number of aromatic nitrogens is 12. The van der Waals surface area contributed by atoms with Crippen LogP contribution in [0.1, 0.15) is 78.3 Å². The van der Waals surface area contributed by atoms with Crippen molar-refractivity contribution in [2.45, 2.75) is 120 Å². The topological polar surface area (TPSA) is 122 Å². The van der Waals surface area contributed by atoms with E-state index in [9.17, 15) is 0 Å². The predicted octanol–water partition coefficient (Wildman–Crippen LogP) is 26.5. The van der Waals surface area contributed by atoms with Crippen molar-refractivity contribution in [2.75, 3.05) is 0 Å². The van der Waals surface area contributed by atoms with E-state index in [2.05, 4.69) is 384 Å². The zero-order chi connectivity index (χ0) is 88.9. The molecule has 13 aromatic heterocycles. The number of pyridine rings is 7. The van der Waals surface area contributed by atoms with E-state index in [4.69, 9.17) is 24.4 Å². The van der Waals surface area contributed by atoms with Gasteiger partial charge in [0.1, 0.15) is 60.9 Å². The summed E-state index contributed by atoms with van der Waals surface area (Å²) in [5.74, 6) is 1.79. The zero-order valence-corrected chi connectivity index (χ0v) is 78.0. The van der Waals surface area contributed by atoms with Crippen molar-refractivity contribution >= 4 is 201 Å². The highest BCUT2D eigenvalue weighted by Gasteiger charge is 2.37. The molecule has 26 aromatic rings. The summed E-state index contributed by atoms with van der Waals surface area (Å²) in [6.45, 7) is 28.7. The van der Waals surface area contributed by atoms with Crippen molar-refractivity contribution < 1.29 is 9.47 Å². The maximum atomic E-state index is 5.89. The quantitative estimate of drug-likeness (QED) is 0.0905. The van der Waals surface area contributed by atoms with Crippen LogP contribution in [-0.2, 0) is 38.1 Å². The number of rotatable bonds is 1. The maximum Gasteiger partial charge on any atom is 0.219 e. The molecule has 0 unspecified atom stereocenters. The lowest BCUT2D eigenvalue weighted by Crippen LogP contribution is -2.49. The normalized spacial score (nSPS) is 14.1. The van der Waals surface area contributed by atoms with E-state index in [1.807, 2.05) is 18.6 Å². The minimum absolute atomic E-state index is 0.588. The Kier molecular flexibility index (Phi) is 17.0. The van der Waals surface area contributed by atoms with Crippen molar-refractivity contribution in [2.24, 2.45) is 0 Å². The number of imidazole rings is 6. The smallest absolute Gasteiger partial charge is 0.219 e. The summed E-state index contributed by atoms with van der Waals surface area (Å²) in [6, 6.07) is 90.0. The summed E-state index contributed by atoms with van der Waals surface area (Å²) < 4.78 is 25.7. The molecule has 0 bridgehead atoms. The van der Waals surface area contributed by atoms with Crippen LogP contribution < -0.4 is 20.0 Å². The van der Waals surface area contributed by atoms with Gasteiger partial charge < -0.3 is 13.9 Å². The van der Waals surface area contributed by atoms with Crippen molar-refractivity contribution in [3.63, 3.8) is 0 Å². The lowest BCUT2D eigenvalue weighted by atomic mass is 9.91. The molecule has 31 rings (SSSR count). The molecule has 13 aromatic carbocycles. The third kappa shape index (κ3) is 11.2. The fourth-order valence-electron chi connectivity index (χ4n) is 23.6. The molecule has 0 spiro atoms. The van der Waals surface area contributed by atoms with E-state index in [1.54, 1.807) is 5.19 Å². The van der Waals surface area contributed by atoms with Gasteiger partial charge in [-0.15, -0.1) is 0 Å². The molecule has 0 fully saturated rings. The van der Waals surface area contributed by atoms with Crippen LogP contribution in [0, 0.1) is 55.4 Å². The molecule has 638 valence electrons. The summed E-state index contributed by atoms with van der Waals surface area (Å²) in [7, 11) is -2.92. The highest BCUT2D eigenvalue weighted by molar-refractivity contribution is 6.91. The molecule has 0 saturated carbocycles. The number of hydrogen-bond donors (Lipinski definition) is 0. The van der Waals surface area contributed by atoms with Crippen LogP contribution in [0.15, 0.2) is 280 Å². The van der Waals surface area contributed by atoms with Crippen molar-refractivity contribution in [3.8, 4) is 22.8 Å². The second-order valence-corrected chi connectivity index (χ2v) is 48.0. The van der Waals surface area contributed by atoms with Crippen LogP contribution >= 0.6 is 0 Å². The fourth-order valence-corrected chi connectivity index (χ4v) is 29.0. The molecule has 5 aliphatic heterocycles. The summed E-state index contributed by atoms with van der Waals surface area (Å²) in [6.07, 6.45) is 14.2. The van der Waals surface area contributed by atoms with E-state index < -0.39 is 16.1 Å². The van der Waals surface area contributed by atoms with Gasteiger partial charge in [-0.05, 0) is 214 Å². The monoisotopic (exact) mass is 1740 g/mol. The van der Waals surface area contributed by atoms with E-state index in [-0.39, 0.29) is 0 Å². The average molecular weight is 1740 g/mol. The molecular formula is C116H94N12O2Si2. The SMILES string of the molecule is Cc1ccc2c3c1c1ccccc1c1ncc(n13)CO2.Cc1ccc2c3c1c1ccccc1c1ncc(n13)C[Si]2(C)C.Cc1ccc2c3c1c1ccccc1c1ncc(n13)OC2.Cc1ccc2c3c1c1ccccc1c1ncc(n13)[Si](C)(C)C2.Cc1ccc2ccc3cnc4c5ccccc5c1c2n34.Cc1cccc(C)c1-c1ccc2c(c1)c1c(C)ccc3c1n1c(cnc21)CC3. The Bertz CT molecular complexity index is 9380. The Labute approximate surface area is 762 Å². The molecule has 0 N–H and O–H groups in total. The van der Waals surface area contributed by atoms with Crippen molar-refractivity contribution in [3.05, 3.63) is 358 Å². The zero-order valence-electron chi connectivity index (χ0n) is 76.0. The van der Waals surface area contributed by atoms with Gasteiger partial charge >= 0.3 is 0 Å². The van der Waals surface area contributed by atoms with E-state index in [0.717, 1.165) is 75.1 Å². The second-order valence-electron chi connectivity index (χ2n) is 38.7. The number of fused-ring (bicyclic) bond motifs is 18. The Morgan fingerprint density at radius 1 is 0.273 bits per heavy atom. The fraction of sp³-hybridized carbons (Fsp3) is 0.155. The third-order valence-electron chi connectivity index (χ3n) is 29.7. The molecule has 18 heterocycles. The van der Waals surface area contributed by atoms with E-state index >= 15 is 0 Å². The van der Waals surface area contributed by atoms with E-state index in [0.29, 0.717) is 13.2 Å². The number of aryl methyl sites for hydroxylation is 10. The van der Waals surface area contributed by atoms with Crippen molar-refractivity contribution in [1.82, 2.24) is 56.3 Å². The molecule has 16 heteroatoms. The third-order valence-corrected chi connectivity index (χ3v) is 35.8. The molecule has 0 atom stereocenters. The highest BCUT2D eigenvalue weighted by Crippen LogP contribution is 2.46. The van der Waals surface area contributed by atoms with Crippen LogP contribution in [0.25, 0.3) is 186 Å². The van der Waals surface area contributed by atoms with Gasteiger partial charge in [0.2, 0.25) is 5.88 Å². The average Bonchev–Trinajstić information content (AvgIpc) is 1.38. The van der Waals surface area contributed by atoms with Crippen LogP contribution in [0.2, 0.25) is 26.2 Å². The molecule has 0 saturated heterocycles. The van der Waals surface area contributed by atoms with Crippen LogP contribution in [0.4, 0.5) is 0 Å². The number of hydrogen-bond acceptors (Lipinski definition) is 8. The lowest BCUT2D eigenvalue weighted by molar-refractivity contribution is 0.286. The van der Waals surface area contributed by atoms with Crippen LogP contribution in [0.3, 0.4) is 0 Å². The summed E-state index contributed by atoms with van der Waals surface area (Å²) >= 11 is 0. The van der Waals surface area contributed by atoms with Gasteiger partial charge in [0.25, 0.3) is 0 Å². The van der Waals surface area contributed by atoms with E-state index in [1.165, 1.54) is 231 Å². The Balaban J connectivity index is 0.0000000833. The molecular weight excluding hydrogens is 1650 g/mol. The van der Waals surface area contributed by atoms with Gasteiger partial charge in [-0.1, -0.05) is 245 Å². The van der Waals surface area contributed by atoms with Gasteiger partial charge in [0, 0.05) is 105 Å². The minimum atomic E-state index is -1.47. The number of benzene rings is 13. The second kappa shape index (κ2) is 28.7. The maximum absolute atomic E-state index is 5.89. The minimum Gasteiger partial charge on any atom is -0.485 e. The van der Waals surface area contributed by atoms with Gasteiger partial charge in [-0.25, -0.2) is 29.9 Å². The first-order valence-electron chi connectivity index (χ1n) is 46.2. The molecule has 5 aliphatic rings. The standard InChI is InChI=1S/C26H22N2.2C19H18N2Si.C18H12N2.2C17H12N2O/c1-15-5-4-6-16(2)23(15)19-10-12-21-22(13-19)24-17(3)7-8-18-9-11-20-14-27-26(21)28(20)25(18)24;1-12-8-9-16-18-17(12)14-6-4-5-7-15(14)19-20-10-13(21(18)19)11-22(16,2)3;1-12-8-9-13-11-22(2,3)16-10-20-19-15-7-5-4-6-14(15)17(12)18(13)21(16)19;1-11-6-7-12-8-9-13-10-19-18-15-5-3-2-4-14(15)16(11)17(12)20(13)18;1-10-6-7-14-16-15(10)12-4-2-3-5-13(12)17-18-8-11(9-20-14)19(16)17;1-10-6-7-11-9-20-14-8-18-17-13-5-3-2-4-12(13)15(10)16(11)19(14)17/h4-8,10,12-14H,9,11H2,1-3H3;2*4-10H,11H2,1-3H3;2-10H,1H3;2*2-8H,9H2,1H3. The lowest BCUT2D eigenvalue weighted by Gasteiger charge is -2.30. The van der Waals surface area contributed by atoms with Gasteiger partial charge in [-0.3, -0.25) is 22.0 Å². The van der Waals surface area contributed by atoms with Crippen molar-refractivity contribution in [1.29, 1.82) is 0 Å².